The molecule has 0 aliphatic carbocycles. The zero-order valence-corrected chi connectivity index (χ0v) is 14.0. The Labute approximate surface area is 146 Å². The molecule has 2 aromatic rings. The first-order chi connectivity index (χ1) is 11.9. The third-order valence-electron chi connectivity index (χ3n) is 3.86. The molecule has 0 spiro atoms. The van der Waals surface area contributed by atoms with Gasteiger partial charge in [0.25, 0.3) is 0 Å². The average molecular weight is 366 g/mol. The fourth-order valence-electron chi connectivity index (χ4n) is 2.55. The molecular weight excluding hydrogens is 351 g/mol. The number of carbonyl (C=O) groups is 2. The molecule has 8 nitrogen and oxygen atoms in total. The highest BCUT2D eigenvalue weighted by atomic mass is 32.1. The second-order valence-electron chi connectivity index (χ2n) is 5.58. The van der Waals surface area contributed by atoms with Crippen LogP contribution in [0.4, 0.5) is 14.2 Å². The number of likely N-dealkylation sites (tertiary alicyclic amines) is 1. The number of ketones is 1. The lowest BCUT2D eigenvalue weighted by molar-refractivity contribution is 0.103. The monoisotopic (exact) mass is 366 g/mol. The second-order valence-corrected chi connectivity index (χ2v) is 6.39. The van der Waals surface area contributed by atoms with E-state index in [-0.39, 0.29) is 24.8 Å². The molecule has 0 unspecified atom stereocenters. The Morgan fingerprint density at radius 1 is 1.44 bits per heavy atom. The summed E-state index contributed by atoms with van der Waals surface area (Å²) >= 11 is 1.05. The van der Waals surface area contributed by atoms with Crippen LogP contribution in [0.2, 0.25) is 0 Å². The first-order valence-electron chi connectivity index (χ1n) is 7.38. The minimum absolute atomic E-state index is 0.0742. The van der Waals surface area contributed by atoms with E-state index in [1.807, 2.05) is 0 Å². The summed E-state index contributed by atoms with van der Waals surface area (Å²) in [5.41, 5.74) is 6.96. The van der Waals surface area contributed by atoms with Crippen LogP contribution in [-0.4, -0.2) is 56.6 Å². The number of aromatic nitrogens is 2. The lowest BCUT2D eigenvalue weighted by atomic mass is 10.1. The number of carboxylic acid groups (broad SMARTS) is 1. The van der Waals surface area contributed by atoms with Crippen LogP contribution in [0, 0.1) is 6.92 Å². The van der Waals surface area contributed by atoms with Gasteiger partial charge in [-0.3, -0.25) is 4.79 Å². The fraction of sp³-hybridized carbons (Fsp3) is 0.333. The standard InChI is InChI=1S/C15H15FN4O4S/c1-7-12(14(17)25-19-7)13(21)8-2-3-11(18-4-8)24-10-6-20(15(22)23)5-9(10)16/h2-4,9-10H,5-6,17H2,1H3,(H,22,23)/t9-,10+/m0/s1. The van der Waals surface area contributed by atoms with Crippen LogP contribution >= 0.6 is 11.5 Å². The van der Waals surface area contributed by atoms with Crippen molar-refractivity contribution in [3.8, 4) is 5.88 Å². The smallest absolute Gasteiger partial charge is 0.407 e. The van der Waals surface area contributed by atoms with Gasteiger partial charge in [-0.2, -0.15) is 4.37 Å². The summed E-state index contributed by atoms with van der Waals surface area (Å²) in [6.45, 7) is 1.39. The number of nitrogen functional groups attached to an aromatic ring is 1. The van der Waals surface area contributed by atoms with E-state index >= 15 is 0 Å². The Morgan fingerprint density at radius 3 is 2.72 bits per heavy atom. The van der Waals surface area contributed by atoms with Gasteiger partial charge in [0.1, 0.15) is 5.00 Å². The maximum Gasteiger partial charge on any atom is 0.407 e. The molecule has 3 heterocycles. The summed E-state index contributed by atoms with van der Waals surface area (Å²) in [5, 5.41) is 9.22. The number of rotatable bonds is 4. The number of hydrogen-bond acceptors (Lipinski definition) is 7. The molecular formula is C15H15FN4O4S. The lowest BCUT2D eigenvalue weighted by Crippen LogP contribution is -2.30. The van der Waals surface area contributed by atoms with Crippen LogP contribution in [0.15, 0.2) is 18.3 Å². The van der Waals surface area contributed by atoms with Crippen LogP contribution in [0.5, 0.6) is 5.88 Å². The van der Waals surface area contributed by atoms with Crippen molar-refractivity contribution in [2.75, 3.05) is 18.8 Å². The fourth-order valence-corrected chi connectivity index (χ4v) is 3.21. The molecule has 0 aromatic carbocycles. The molecule has 0 radical (unpaired) electrons. The lowest BCUT2D eigenvalue weighted by Gasteiger charge is -2.14. The van der Waals surface area contributed by atoms with Gasteiger partial charge in [0.05, 0.1) is 24.3 Å². The Balaban J connectivity index is 1.71. The molecule has 2 aromatic heterocycles. The van der Waals surface area contributed by atoms with Gasteiger partial charge < -0.3 is 20.5 Å². The molecule has 10 heteroatoms. The number of alkyl halides is 1. The van der Waals surface area contributed by atoms with E-state index in [0.717, 1.165) is 16.4 Å². The quantitative estimate of drug-likeness (QED) is 0.791. The molecule has 25 heavy (non-hydrogen) atoms. The summed E-state index contributed by atoms with van der Waals surface area (Å²) in [6.07, 6.45) is -2.24. The summed E-state index contributed by atoms with van der Waals surface area (Å²) in [4.78, 5) is 28.3. The summed E-state index contributed by atoms with van der Waals surface area (Å²) < 4.78 is 23.3. The number of ether oxygens (including phenoxy) is 1. The zero-order chi connectivity index (χ0) is 18.1. The van der Waals surface area contributed by atoms with E-state index in [2.05, 4.69) is 9.36 Å². The molecule has 1 aliphatic heterocycles. The number of halogens is 1. The summed E-state index contributed by atoms with van der Waals surface area (Å²) in [6, 6.07) is 2.94. The minimum Gasteiger partial charge on any atom is -0.469 e. The Kier molecular flexibility index (Phi) is 4.53. The zero-order valence-electron chi connectivity index (χ0n) is 13.2. The van der Waals surface area contributed by atoms with Crippen molar-refractivity contribution in [1.29, 1.82) is 0 Å². The maximum atomic E-state index is 13.8. The highest BCUT2D eigenvalue weighted by Crippen LogP contribution is 2.25. The van der Waals surface area contributed by atoms with Gasteiger partial charge in [-0.25, -0.2) is 14.2 Å². The first kappa shape index (κ1) is 17.1. The summed E-state index contributed by atoms with van der Waals surface area (Å²) in [5.74, 6) is -0.186. The van der Waals surface area contributed by atoms with E-state index in [1.54, 1.807) is 6.92 Å². The number of aryl methyl sites for hydroxylation is 1. The number of amides is 1. The van der Waals surface area contributed by atoms with Crippen LogP contribution < -0.4 is 10.5 Å². The van der Waals surface area contributed by atoms with Crippen molar-refractivity contribution in [2.24, 2.45) is 0 Å². The van der Waals surface area contributed by atoms with Gasteiger partial charge in [0.2, 0.25) is 5.88 Å². The highest BCUT2D eigenvalue weighted by molar-refractivity contribution is 7.10. The molecule has 0 bridgehead atoms. The predicted molar refractivity (Wildman–Crippen MR) is 87.8 cm³/mol. The Morgan fingerprint density at radius 2 is 2.20 bits per heavy atom. The van der Waals surface area contributed by atoms with E-state index < -0.39 is 18.4 Å². The van der Waals surface area contributed by atoms with Crippen molar-refractivity contribution in [1.82, 2.24) is 14.3 Å². The third-order valence-corrected chi connectivity index (χ3v) is 4.62. The molecule has 132 valence electrons. The Hall–Kier alpha value is -2.75. The van der Waals surface area contributed by atoms with Crippen molar-refractivity contribution < 1.29 is 23.8 Å². The van der Waals surface area contributed by atoms with Crippen LogP contribution in [0.25, 0.3) is 0 Å². The molecule has 1 amide bonds. The largest absolute Gasteiger partial charge is 0.469 e. The molecule has 1 saturated heterocycles. The SMILES string of the molecule is Cc1nsc(N)c1C(=O)c1ccc(O[C@@H]2CN(C(=O)O)C[C@@H]2F)nc1. The van der Waals surface area contributed by atoms with Crippen LogP contribution in [0.3, 0.4) is 0 Å². The second kappa shape index (κ2) is 6.63. The summed E-state index contributed by atoms with van der Waals surface area (Å²) in [7, 11) is 0. The van der Waals surface area contributed by atoms with E-state index in [0.29, 0.717) is 21.8 Å². The number of anilines is 1. The molecule has 1 fully saturated rings. The van der Waals surface area contributed by atoms with Crippen LogP contribution in [0.1, 0.15) is 21.6 Å². The molecule has 0 saturated carbocycles. The molecule has 3 N–H and O–H groups in total. The van der Waals surface area contributed by atoms with Crippen molar-refractivity contribution in [3.63, 3.8) is 0 Å². The van der Waals surface area contributed by atoms with E-state index in [4.69, 9.17) is 15.6 Å². The normalized spacial score (nSPS) is 19.8. The number of nitrogens with zero attached hydrogens (tertiary/aromatic N) is 3. The van der Waals surface area contributed by atoms with Gasteiger partial charge >= 0.3 is 6.09 Å². The predicted octanol–water partition coefficient (Wildman–Crippen LogP) is 1.74. The number of hydrogen-bond donors (Lipinski definition) is 2. The molecule has 1 aliphatic rings. The Bertz CT molecular complexity index is 791. The average Bonchev–Trinajstić information content (AvgIpc) is 3.10. The number of nitrogens with two attached hydrogens (primary N) is 1. The molecule has 3 rings (SSSR count). The van der Waals surface area contributed by atoms with Crippen molar-refractivity contribution in [2.45, 2.75) is 19.2 Å². The van der Waals surface area contributed by atoms with Gasteiger partial charge in [-0.15, -0.1) is 0 Å². The van der Waals surface area contributed by atoms with Gasteiger partial charge in [-0.05, 0) is 24.5 Å². The number of carbonyl (C=O) groups excluding carboxylic acids is 1. The first-order valence-corrected chi connectivity index (χ1v) is 8.15. The number of pyridine rings is 1. The maximum absolute atomic E-state index is 13.8. The van der Waals surface area contributed by atoms with Crippen LogP contribution in [-0.2, 0) is 0 Å². The third kappa shape index (κ3) is 3.38. The van der Waals surface area contributed by atoms with Gasteiger partial charge in [0.15, 0.2) is 18.1 Å². The highest BCUT2D eigenvalue weighted by Gasteiger charge is 2.37. The molecule has 2 atom stereocenters. The van der Waals surface area contributed by atoms with Gasteiger partial charge in [-0.1, -0.05) is 0 Å². The van der Waals surface area contributed by atoms with Crippen molar-refractivity contribution >= 4 is 28.4 Å². The van der Waals surface area contributed by atoms with E-state index in [1.165, 1.54) is 18.3 Å². The van der Waals surface area contributed by atoms with Gasteiger partial charge in [0, 0.05) is 17.8 Å². The van der Waals surface area contributed by atoms with Crippen molar-refractivity contribution in [3.05, 3.63) is 35.2 Å². The minimum atomic E-state index is -1.43. The van der Waals surface area contributed by atoms with E-state index in [9.17, 15) is 14.0 Å². The topological polar surface area (TPSA) is 119 Å².